The van der Waals surface area contributed by atoms with Gasteiger partial charge >= 0.3 is 5.97 Å². The number of carbonyl (C=O) groups is 2. The summed E-state index contributed by atoms with van der Waals surface area (Å²) >= 11 is 0. The molecule has 0 unspecified atom stereocenters. The zero-order valence-corrected chi connectivity index (χ0v) is 17.6. The van der Waals surface area contributed by atoms with Crippen LogP contribution in [-0.4, -0.2) is 45.2 Å². The number of hydrogen-bond donors (Lipinski definition) is 0. The number of esters is 1. The molecule has 0 radical (unpaired) electrons. The fraction of sp³-hybridized carbons (Fsp3) is 0.333. The first-order valence-corrected chi connectivity index (χ1v) is 10.5. The number of nitrogens with zero attached hydrogens (tertiary/aromatic N) is 1. The van der Waals surface area contributed by atoms with Crippen LogP contribution in [0.5, 0.6) is 0 Å². The van der Waals surface area contributed by atoms with Gasteiger partial charge in [0.2, 0.25) is 10.0 Å². The number of ketones is 1. The van der Waals surface area contributed by atoms with E-state index in [9.17, 15) is 22.4 Å². The Labute approximate surface area is 170 Å². The monoisotopic (exact) mass is 421 g/mol. The van der Waals surface area contributed by atoms with Gasteiger partial charge in [-0.25, -0.2) is 21.9 Å². The molecular weight excluding hydrogens is 397 g/mol. The van der Waals surface area contributed by atoms with E-state index >= 15 is 0 Å². The second kappa shape index (κ2) is 9.28. The van der Waals surface area contributed by atoms with Crippen LogP contribution < -0.4 is 0 Å². The van der Waals surface area contributed by atoms with E-state index in [1.807, 2.05) is 12.1 Å². The largest absolute Gasteiger partial charge is 0.454 e. The average molecular weight is 421 g/mol. The summed E-state index contributed by atoms with van der Waals surface area (Å²) in [4.78, 5) is 24.2. The van der Waals surface area contributed by atoms with Crippen LogP contribution >= 0.6 is 0 Å². The number of rotatable bonds is 8. The first-order valence-electron chi connectivity index (χ1n) is 9.10. The highest BCUT2D eigenvalue weighted by molar-refractivity contribution is 7.89. The van der Waals surface area contributed by atoms with Crippen LogP contribution in [0.1, 0.15) is 52.5 Å². The van der Waals surface area contributed by atoms with Gasteiger partial charge in [-0.1, -0.05) is 38.1 Å². The topological polar surface area (TPSA) is 80.8 Å². The van der Waals surface area contributed by atoms with Gasteiger partial charge in [0, 0.05) is 19.7 Å². The molecule has 2 aromatic rings. The summed E-state index contributed by atoms with van der Waals surface area (Å²) in [7, 11) is -1.20. The molecule has 1 atom stereocenters. The van der Waals surface area contributed by atoms with Crippen LogP contribution in [-0.2, 0) is 14.8 Å². The molecular formula is C21H24FNO5S. The summed E-state index contributed by atoms with van der Waals surface area (Å²) in [6.07, 6.45) is 0.971. The Morgan fingerprint density at radius 1 is 1.10 bits per heavy atom. The second-order valence-corrected chi connectivity index (χ2v) is 9.01. The smallest absolute Gasteiger partial charge is 0.341 e. The van der Waals surface area contributed by atoms with Crippen LogP contribution in [0.25, 0.3) is 0 Å². The van der Waals surface area contributed by atoms with Crippen molar-refractivity contribution >= 4 is 21.8 Å². The summed E-state index contributed by atoms with van der Waals surface area (Å²) in [5.41, 5.74) is 0.920. The van der Waals surface area contributed by atoms with Gasteiger partial charge in [-0.05, 0) is 36.1 Å². The van der Waals surface area contributed by atoms with Crippen molar-refractivity contribution in [2.75, 3.05) is 20.7 Å². The minimum Gasteiger partial charge on any atom is -0.454 e. The van der Waals surface area contributed by atoms with Crippen LogP contribution in [0.2, 0.25) is 0 Å². The summed E-state index contributed by atoms with van der Waals surface area (Å²) in [5.74, 6) is -2.11. The van der Waals surface area contributed by atoms with Crippen LogP contribution in [0.4, 0.5) is 4.39 Å². The minimum atomic E-state index is -3.85. The van der Waals surface area contributed by atoms with Crippen molar-refractivity contribution in [3.8, 4) is 0 Å². The molecule has 0 aliphatic carbocycles. The van der Waals surface area contributed by atoms with Crippen molar-refractivity contribution in [2.24, 2.45) is 0 Å². The molecule has 0 heterocycles. The maximum atomic E-state index is 14.0. The summed E-state index contributed by atoms with van der Waals surface area (Å²) in [6, 6.07) is 9.84. The standard InChI is InChI=1S/C21H24FNO5S/c1-5-14(2)15-6-8-16(9-7-15)20(24)13-28-21(25)18-12-17(10-11-19(18)22)29(26,27)23(3)4/h6-12,14H,5,13H2,1-4H3/t14-/m0/s1. The quantitative estimate of drug-likeness (QED) is 0.480. The third-order valence-corrected chi connectivity index (χ3v) is 6.50. The Hall–Kier alpha value is -2.58. The summed E-state index contributed by atoms with van der Waals surface area (Å²) < 4.78 is 44.2. The molecule has 0 N–H and O–H groups in total. The number of benzene rings is 2. The molecule has 0 aliphatic rings. The molecule has 29 heavy (non-hydrogen) atoms. The predicted molar refractivity (Wildman–Crippen MR) is 107 cm³/mol. The predicted octanol–water partition coefficient (Wildman–Crippen LogP) is 3.63. The van der Waals surface area contributed by atoms with Gasteiger partial charge in [-0.2, -0.15) is 0 Å². The lowest BCUT2D eigenvalue weighted by Gasteiger charge is -2.12. The molecule has 0 saturated carbocycles. The van der Waals surface area contributed by atoms with Crippen molar-refractivity contribution < 1.29 is 27.1 Å². The number of sulfonamides is 1. The number of halogens is 1. The van der Waals surface area contributed by atoms with Crippen molar-refractivity contribution in [3.63, 3.8) is 0 Å². The Morgan fingerprint density at radius 2 is 1.72 bits per heavy atom. The van der Waals surface area contributed by atoms with Gasteiger partial charge in [0.15, 0.2) is 12.4 Å². The number of hydrogen-bond acceptors (Lipinski definition) is 5. The molecule has 0 fully saturated rings. The molecule has 2 aromatic carbocycles. The van der Waals surface area contributed by atoms with Gasteiger partial charge in [-0.3, -0.25) is 4.79 Å². The van der Waals surface area contributed by atoms with Crippen molar-refractivity contribution in [1.29, 1.82) is 0 Å². The van der Waals surface area contributed by atoms with E-state index in [0.29, 0.717) is 11.5 Å². The fourth-order valence-electron chi connectivity index (χ4n) is 2.56. The molecule has 0 bridgehead atoms. The van der Waals surface area contributed by atoms with Crippen molar-refractivity contribution in [3.05, 3.63) is 65.0 Å². The third-order valence-electron chi connectivity index (χ3n) is 4.68. The molecule has 2 rings (SSSR count). The van der Waals surface area contributed by atoms with E-state index in [0.717, 1.165) is 34.5 Å². The highest BCUT2D eigenvalue weighted by atomic mass is 32.2. The molecule has 0 aliphatic heterocycles. The number of ether oxygens (including phenoxy) is 1. The van der Waals surface area contributed by atoms with E-state index in [2.05, 4.69) is 13.8 Å². The molecule has 6 nitrogen and oxygen atoms in total. The first kappa shape index (κ1) is 22.7. The molecule has 0 aromatic heterocycles. The molecule has 0 saturated heterocycles. The van der Waals surface area contributed by atoms with E-state index < -0.39 is 39.8 Å². The van der Waals surface area contributed by atoms with Crippen LogP contribution in [0.3, 0.4) is 0 Å². The lowest BCUT2D eigenvalue weighted by Crippen LogP contribution is -2.23. The van der Waals surface area contributed by atoms with E-state index in [-0.39, 0.29) is 4.90 Å². The Balaban J connectivity index is 2.12. The van der Waals surface area contributed by atoms with E-state index in [1.165, 1.54) is 14.1 Å². The lowest BCUT2D eigenvalue weighted by atomic mass is 9.97. The molecule has 0 amide bonds. The van der Waals surface area contributed by atoms with Gasteiger partial charge in [-0.15, -0.1) is 0 Å². The normalized spacial score (nSPS) is 12.6. The highest BCUT2D eigenvalue weighted by Crippen LogP contribution is 2.20. The van der Waals surface area contributed by atoms with Crippen LogP contribution in [0, 0.1) is 5.82 Å². The highest BCUT2D eigenvalue weighted by Gasteiger charge is 2.22. The SMILES string of the molecule is CC[C@H](C)c1ccc(C(=O)COC(=O)c2cc(S(=O)(=O)N(C)C)ccc2F)cc1. The van der Waals surface area contributed by atoms with E-state index in [4.69, 9.17) is 4.74 Å². The van der Waals surface area contributed by atoms with Gasteiger partial charge < -0.3 is 4.74 Å². The van der Waals surface area contributed by atoms with Crippen molar-refractivity contribution in [1.82, 2.24) is 4.31 Å². The van der Waals surface area contributed by atoms with Crippen LogP contribution in [0.15, 0.2) is 47.4 Å². The van der Waals surface area contributed by atoms with Crippen molar-refractivity contribution in [2.45, 2.75) is 31.1 Å². The van der Waals surface area contributed by atoms with Gasteiger partial charge in [0.25, 0.3) is 0 Å². The first-order chi connectivity index (χ1) is 13.6. The van der Waals surface area contributed by atoms with Gasteiger partial charge in [0.05, 0.1) is 10.5 Å². The fourth-order valence-corrected chi connectivity index (χ4v) is 3.49. The zero-order chi connectivity index (χ0) is 21.8. The zero-order valence-electron chi connectivity index (χ0n) is 16.8. The maximum absolute atomic E-state index is 14.0. The maximum Gasteiger partial charge on any atom is 0.341 e. The molecule has 8 heteroatoms. The summed E-state index contributed by atoms with van der Waals surface area (Å²) in [6.45, 7) is 3.57. The van der Waals surface area contributed by atoms with E-state index in [1.54, 1.807) is 12.1 Å². The third kappa shape index (κ3) is 5.27. The minimum absolute atomic E-state index is 0.247. The number of carbonyl (C=O) groups excluding carboxylic acids is 2. The second-order valence-electron chi connectivity index (χ2n) is 6.86. The number of Topliss-reactive ketones (excluding diaryl/α,β-unsaturated/α-hetero) is 1. The van der Waals surface area contributed by atoms with Gasteiger partial charge in [0.1, 0.15) is 5.82 Å². The Kier molecular flexibility index (Phi) is 7.26. The molecule has 0 spiro atoms. The average Bonchev–Trinajstić information content (AvgIpc) is 2.71. The Bertz CT molecular complexity index is 1000. The molecule has 156 valence electrons. The summed E-state index contributed by atoms with van der Waals surface area (Å²) in [5, 5.41) is 0. The lowest BCUT2D eigenvalue weighted by molar-refractivity contribution is 0.0470. The Morgan fingerprint density at radius 3 is 2.28 bits per heavy atom.